The lowest BCUT2D eigenvalue weighted by Gasteiger charge is -2.35. The van der Waals surface area contributed by atoms with Gasteiger partial charge in [-0.05, 0) is 13.8 Å². The number of hydrogen-bond acceptors (Lipinski definition) is 4. The van der Waals surface area contributed by atoms with E-state index in [2.05, 4.69) is 10.1 Å². The molecule has 0 spiro atoms. The number of carbonyl (C=O) groups excluding carboxylic acids is 1. The Hall–Kier alpha value is -0.320. The van der Waals surface area contributed by atoms with Crippen molar-refractivity contribution in [2.75, 3.05) is 13.1 Å². The van der Waals surface area contributed by atoms with E-state index in [0.717, 1.165) is 6.54 Å². The fourth-order valence-electron chi connectivity index (χ4n) is 1.07. The van der Waals surface area contributed by atoms with Gasteiger partial charge in [0, 0.05) is 6.54 Å². The van der Waals surface area contributed by atoms with Crippen LogP contribution in [0.1, 0.15) is 13.8 Å². The quantitative estimate of drug-likeness (QED) is 0.645. The second kappa shape index (κ2) is 4.64. The minimum Gasteiger partial charge on any atom is -0.437 e. The summed E-state index contributed by atoms with van der Waals surface area (Å²) in [6.45, 7) is 5.66. The van der Waals surface area contributed by atoms with Crippen molar-refractivity contribution < 1.29 is 14.3 Å². The maximum Gasteiger partial charge on any atom is 0.295 e. The molecule has 0 aromatic heterocycles. The van der Waals surface area contributed by atoms with Gasteiger partial charge in [0.2, 0.25) is 6.29 Å². The first-order valence-corrected chi connectivity index (χ1v) is 3.62. The van der Waals surface area contributed by atoms with Gasteiger partial charge in [-0.1, -0.05) is 0 Å². The number of halogens is 1. The van der Waals surface area contributed by atoms with Crippen LogP contribution in [0.5, 0.6) is 0 Å². The molecule has 1 aliphatic rings. The fraction of sp³-hybridized carbons (Fsp3) is 0.857. The summed E-state index contributed by atoms with van der Waals surface area (Å²) in [6, 6.07) is 0. The van der Waals surface area contributed by atoms with Crippen molar-refractivity contribution in [3.63, 3.8) is 0 Å². The highest BCUT2D eigenvalue weighted by atomic mass is 35.5. The largest absolute Gasteiger partial charge is 0.437 e. The van der Waals surface area contributed by atoms with E-state index in [1.165, 1.54) is 0 Å². The van der Waals surface area contributed by atoms with Crippen LogP contribution in [0.4, 0.5) is 0 Å². The van der Waals surface area contributed by atoms with Gasteiger partial charge in [-0.25, -0.2) is 0 Å². The van der Waals surface area contributed by atoms with E-state index >= 15 is 0 Å². The maximum atomic E-state index is 9.95. The van der Waals surface area contributed by atoms with Gasteiger partial charge in [0.1, 0.15) is 0 Å². The van der Waals surface area contributed by atoms with Gasteiger partial charge in [0.05, 0.1) is 12.1 Å². The Labute approximate surface area is 78.0 Å². The molecule has 1 saturated heterocycles. The number of ether oxygens (including phenoxy) is 2. The van der Waals surface area contributed by atoms with E-state index in [0.29, 0.717) is 13.0 Å². The van der Waals surface area contributed by atoms with Gasteiger partial charge < -0.3 is 14.8 Å². The molecule has 4 nitrogen and oxygen atoms in total. The Morgan fingerprint density at radius 3 is 2.83 bits per heavy atom. The van der Waals surface area contributed by atoms with Crippen LogP contribution in [0.3, 0.4) is 0 Å². The first-order chi connectivity index (χ1) is 5.14. The van der Waals surface area contributed by atoms with Crippen LogP contribution < -0.4 is 5.32 Å². The molecule has 0 amide bonds. The SMILES string of the molecule is CC1(C)CNC[C@@H](OC=O)O1.Cl. The predicted molar refractivity (Wildman–Crippen MR) is 46.2 cm³/mol. The molecule has 0 saturated carbocycles. The van der Waals surface area contributed by atoms with Gasteiger partial charge in [0.15, 0.2) is 0 Å². The lowest BCUT2D eigenvalue weighted by Crippen LogP contribution is -2.51. The first kappa shape index (κ1) is 11.7. The van der Waals surface area contributed by atoms with Crippen molar-refractivity contribution in [3.05, 3.63) is 0 Å². The molecule has 0 bridgehead atoms. The van der Waals surface area contributed by atoms with Crippen LogP contribution in [-0.4, -0.2) is 31.5 Å². The standard InChI is InChI=1S/C7H13NO3.ClH/c1-7(2)4-8-3-6(11-7)10-5-9;/h5-6,8H,3-4H2,1-2H3;1H/t6-;/m0./s1. The molecule has 1 aliphatic heterocycles. The molecule has 0 aromatic carbocycles. The van der Waals surface area contributed by atoms with Crippen LogP contribution in [0.15, 0.2) is 0 Å². The second-order valence-corrected chi connectivity index (χ2v) is 3.17. The van der Waals surface area contributed by atoms with E-state index in [1.54, 1.807) is 0 Å². The Bertz CT molecular complexity index is 152. The second-order valence-electron chi connectivity index (χ2n) is 3.17. The predicted octanol–water partition coefficient (Wildman–Crippen LogP) is 0.306. The average Bonchev–Trinajstić information content (AvgIpc) is 1.85. The van der Waals surface area contributed by atoms with Crippen molar-refractivity contribution in [1.82, 2.24) is 5.32 Å². The molecule has 12 heavy (non-hydrogen) atoms. The molecule has 0 aliphatic carbocycles. The van der Waals surface area contributed by atoms with Crippen molar-refractivity contribution in [2.24, 2.45) is 0 Å². The van der Waals surface area contributed by atoms with Crippen LogP contribution in [0.25, 0.3) is 0 Å². The summed E-state index contributed by atoms with van der Waals surface area (Å²) in [4.78, 5) is 9.95. The number of carbonyl (C=O) groups is 1. The number of nitrogens with one attached hydrogen (secondary N) is 1. The highest BCUT2D eigenvalue weighted by molar-refractivity contribution is 5.85. The van der Waals surface area contributed by atoms with E-state index in [-0.39, 0.29) is 18.0 Å². The molecule has 1 heterocycles. The van der Waals surface area contributed by atoms with Gasteiger partial charge in [-0.15, -0.1) is 12.4 Å². The van der Waals surface area contributed by atoms with Crippen LogP contribution in [0, 0.1) is 0 Å². The molecule has 0 radical (unpaired) electrons. The summed E-state index contributed by atoms with van der Waals surface area (Å²) in [7, 11) is 0. The summed E-state index contributed by atoms with van der Waals surface area (Å²) in [6.07, 6.45) is -0.434. The van der Waals surface area contributed by atoms with Crippen LogP contribution in [0.2, 0.25) is 0 Å². The van der Waals surface area contributed by atoms with Crippen molar-refractivity contribution in [3.8, 4) is 0 Å². The van der Waals surface area contributed by atoms with Gasteiger partial charge in [-0.3, -0.25) is 4.79 Å². The topological polar surface area (TPSA) is 47.6 Å². The van der Waals surface area contributed by atoms with Gasteiger partial charge >= 0.3 is 0 Å². The fourth-order valence-corrected chi connectivity index (χ4v) is 1.07. The van der Waals surface area contributed by atoms with Crippen LogP contribution in [-0.2, 0) is 14.3 Å². The summed E-state index contributed by atoms with van der Waals surface area (Å²) < 4.78 is 10.1. The Morgan fingerprint density at radius 1 is 1.67 bits per heavy atom. The van der Waals surface area contributed by atoms with Crippen molar-refractivity contribution in [1.29, 1.82) is 0 Å². The lowest BCUT2D eigenvalue weighted by atomic mass is 10.1. The third-order valence-electron chi connectivity index (χ3n) is 1.52. The minimum atomic E-state index is -0.434. The van der Waals surface area contributed by atoms with E-state index in [4.69, 9.17) is 4.74 Å². The normalized spacial score (nSPS) is 27.0. The zero-order valence-electron chi connectivity index (χ0n) is 7.20. The van der Waals surface area contributed by atoms with Gasteiger partial charge in [0.25, 0.3) is 6.47 Å². The smallest absolute Gasteiger partial charge is 0.295 e. The first-order valence-electron chi connectivity index (χ1n) is 3.62. The summed E-state index contributed by atoms with van der Waals surface area (Å²) in [5, 5.41) is 3.10. The van der Waals surface area contributed by atoms with Gasteiger partial charge in [-0.2, -0.15) is 0 Å². The zero-order chi connectivity index (χ0) is 8.32. The van der Waals surface area contributed by atoms with Crippen molar-refractivity contribution in [2.45, 2.75) is 25.7 Å². The Balaban J connectivity index is 0.00000121. The highest BCUT2D eigenvalue weighted by Crippen LogP contribution is 2.14. The Morgan fingerprint density at radius 2 is 2.33 bits per heavy atom. The third-order valence-corrected chi connectivity index (χ3v) is 1.52. The molecule has 0 unspecified atom stereocenters. The minimum absolute atomic E-state index is 0. The van der Waals surface area contributed by atoms with Crippen LogP contribution >= 0.6 is 12.4 Å². The van der Waals surface area contributed by atoms with Crippen molar-refractivity contribution >= 4 is 18.9 Å². The molecule has 1 rings (SSSR count). The van der Waals surface area contributed by atoms with E-state index < -0.39 is 6.29 Å². The molecular weight excluding hydrogens is 182 g/mol. The summed E-state index contributed by atoms with van der Waals surface area (Å²) in [5.41, 5.74) is -0.244. The molecule has 1 N–H and O–H groups in total. The highest BCUT2D eigenvalue weighted by Gasteiger charge is 2.28. The lowest BCUT2D eigenvalue weighted by molar-refractivity contribution is -0.206. The maximum absolute atomic E-state index is 9.95. The molecule has 5 heteroatoms. The molecular formula is C7H14ClNO3. The van der Waals surface area contributed by atoms with E-state index in [1.807, 2.05) is 13.8 Å². The molecule has 1 fully saturated rings. The molecule has 1 atom stereocenters. The summed E-state index contributed by atoms with van der Waals surface area (Å²) >= 11 is 0. The van der Waals surface area contributed by atoms with E-state index in [9.17, 15) is 4.79 Å². The molecule has 0 aromatic rings. The average molecular weight is 196 g/mol. The number of hydrogen-bond donors (Lipinski definition) is 1. The monoisotopic (exact) mass is 195 g/mol. The third kappa shape index (κ3) is 3.38. The number of morpholine rings is 1. The molecule has 72 valence electrons. The number of rotatable bonds is 2. The summed E-state index contributed by atoms with van der Waals surface area (Å²) in [5.74, 6) is 0. The zero-order valence-corrected chi connectivity index (χ0v) is 8.02. The Kier molecular flexibility index (Phi) is 4.52.